The van der Waals surface area contributed by atoms with Crippen LogP contribution in [0.3, 0.4) is 0 Å². The maximum atomic E-state index is 15.8. The van der Waals surface area contributed by atoms with Crippen molar-refractivity contribution in [3.63, 3.8) is 0 Å². The molecule has 0 spiro atoms. The molecule has 1 heterocycles. The van der Waals surface area contributed by atoms with Crippen molar-refractivity contribution in [2.75, 3.05) is 19.7 Å². The monoisotopic (exact) mass is 1110 g/mol. The highest BCUT2D eigenvalue weighted by molar-refractivity contribution is 5.98. The molecule has 5 N–H and O–H groups in total. The highest BCUT2D eigenvalue weighted by atomic mass is 19.2. The fourth-order valence-electron chi connectivity index (χ4n) is 11.6. The number of hydrogen-bond donors (Lipinski definition) is 5. The van der Waals surface area contributed by atoms with E-state index in [1.165, 1.54) is 64.1 Å². The summed E-state index contributed by atoms with van der Waals surface area (Å²) < 4.78 is 64.6. The largest absolute Gasteiger partial charge is 0.455 e. The summed E-state index contributed by atoms with van der Waals surface area (Å²) in [4.78, 5) is 126. The number of halogens is 2. The molecule has 1 saturated heterocycles. The number of nitrogens with one attached hydrogen (secondary N) is 3. The summed E-state index contributed by atoms with van der Waals surface area (Å²) in [6.07, 6.45) is -11.6. The molecule has 0 radical (unpaired) electrons. The predicted octanol–water partition coefficient (Wildman–Crippen LogP) is 4.11. The summed E-state index contributed by atoms with van der Waals surface area (Å²) in [5, 5.41) is 33.3. The van der Waals surface area contributed by atoms with Gasteiger partial charge in [-0.05, 0) is 67.0 Å². The van der Waals surface area contributed by atoms with Gasteiger partial charge in [-0.1, -0.05) is 86.6 Å². The molecule has 2 bridgehead atoms. The first-order valence-electron chi connectivity index (χ1n) is 25.6. The van der Waals surface area contributed by atoms with Crippen molar-refractivity contribution in [1.82, 2.24) is 16.0 Å². The molecular weight excluding hydrogens is 1050 g/mol. The molecule has 4 aromatic rings. The van der Waals surface area contributed by atoms with Crippen LogP contribution in [-0.2, 0) is 57.2 Å². The Bertz CT molecular complexity index is 3140. The summed E-state index contributed by atoms with van der Waals surface area (Å²) in [5.74, 6) is -13.9. The molecule has 3 amide bonds. The summed E-state index contributed by atoms with van der Waals surface area (Å²) in [6, 6.07) is 24.3. The SMILES string of the molecule is CC(=O)O[C@H]1C(=O)[C@@]2(C)C([C@H](OC(=O)c3ccccc3)[C@]3(O)C[C@H](OC(=O)[C@H](OC(=O)CNC(=O)CNC(=O)c4cccc(F)c4F)[C@@H](NC(=O)c4ccccc4)c4ccccc4)C(C)=C1C3(C)C)[C@]1(OC(C)=O)CO[C@@H]1C[C@@H]2O. The van der Waals surface area contributed by atoms with Gasteiger partial charge >= 0.3 is 29.8 Å². The Morgan fingerprint density at radius 1 is 0.762 bits per heavy atom. The molecule has 8 rings (SSSR count). The Balaban J connectivity index is 1.22. The third-order valence-corrected chi connectivity index (χ3v) is 15.8. The van der Waals surface area contributed by atoms with Crippen molar-refractivity contribution >= 4 is 53.4 Å². The Kier molecular flexibility index (Phi) is 16.6. The number of Topliss-reactive ketones (excluding diaryl/α,β-unsaturated/α-hetero) is 1. The molecule has 22 heteroatoms. The van der Waals surface area contributed by atoms with Crippen LogP contribution < -0.4 is 16.0 Å². The second-order valence-electron chi connectivity index (χ2n) is 20.9. The van der Waals surface area contributed by atoms with Gasteiger partial charge in [0.2, 0.25) is 12.0 Å². The molecule has 3 fully saturated rings. The highest BCUT2D eigenvalue weighted by Crippen LogP contribution is 2.64. The van der Waals surface area contributed by atoms with Gasteiger partial charge in [0.05, 0.1) is 41.7 Å². The van der Waals surface area contributed by atoms with Crippen molar-refractivity contribution in [1.29, 1.82) is 0 Å². The number of ketones is 1. The number of rotatable bonds is 16. The van der Waals surface area contributed by atoms with E-state index < -0.39 is 167 Å². The minimum atomic E-state index is -2.57. The minimum Gasteiger partial charge on any atom is -0.455 e. The topological polar surface area (TPSA) is 286 Å². The number of hydrogen-bond acceptors (Lipinski definition) is 17. The van der Waals surface area contributed by atoms with Crippen molar-refractivity contribution in [2.45, 2.75) is 108 Å². The van der Waals surface area contributed by atoms with Gasteiger partial charge in [0.25, 0.3) is 11.8 Å². The van der Waals surface area contributed by atoms with Gasteiger partial charge in [-0.15, -0.1) is 0 Å². The Morgan fingerprint density at radius 2 is 1.39 bits per heavy atom. The molecule has 20 nitrogen and oxygen atoms in total. The zero-order chi connectivity index (χ0) is 58.1. The van der Waals surface area contributed by atoms with E-state index in [0.717, 1.165) is 32.0 Å². The first kappa shape index (κ1) is 58.0. The molecule has 80 heavy (non-hydrogen) atoms. The van der Waals surface area contributed by atoms with Gasteiger partial charge in [0, 0.05) is 37.7 Å². The second kappa shape index (κ2) is 22.9. The predicted molar refractivity (Wildman–Crippen MR) is 273 cm³/mol. The van der Waals surface area contributed by atoms with Gasteiger partial charge in [0.15, 0.2) is 29.1 Å². The number of esters is 5. The lowest BCUT2D eigenvalue weighted by molar-refractivity contribution is -0.346. The van der Waals surface area contributed by atoms with Crippen LogP contribution in [0.2, 0.25) is 0 Å². The Hall–Kier alpha value is -8.21. The van der Waals surface area contributed by atoms with Crippen molar-refractivity contribution in [2.24, 2.45) is 16.7 Å². The van der Waals surface area contributed by atoms with Crippen LogP contribution in [-0.4, -0.2) is 131 Å². The number of carbonyl (C=O) groups excluding carboxylic acids is 9. The summed E-state index contributed by atoms with van der Waals surface area (Å²) in [5.41, 5.74) is -8.99. The average Bonchev–Trinajstić information content (AvgIpc) is 1.91. The highest BCUT2D eigenvalue weighted by Gasteiger charge is 2.78. The quantitative estimate of drug-likeness (QED) is 0.0599. The third-order valence-electron chi connectivity index (χ3n) is 15.8. The van der Waals surface area contributed by atoms with E-state index in [-0.39, 0.29) is 34.3 Å². The number of amides is 3. The summed E-state index contributed by atoms with van der Waals surface area (Å²) >= 11 is 0. The second-order valence-corrected chi connectivity index (χ2v) is 20.9. The van der Waals surface area contributed by atoms with E-state index in [9.17, 15) is 52.6 Å². The van der Waals surface area contributed by atoms with E-state index in [1.54, 1.807) is 54.6 Å². The maximum Gasteiger partial charge on any atom is 0.350 e. The van der Waals surface area contributed by atoms with E-state index in [4.69, 9.17) is 28.4 Å². The van der Waals surface area contributed by atoms with Crippen molar-refractivity contribution in [3.05, 3.63) is 154 Å². The molecule has 4 aliphatic rings. The van der Waals surface area contributed by atoms with Crippen LogP contribution in [0, 0.1) is 28.4 Å². The zero-order valence-electron chi connectivity index (χ0n) is 44.3. The molecule has 2 saturated carbocycles. The number of aliphatic hydroxyl groups is 2. The zero-order valence-corrected chi connectivity index (χ0v) is 44.3. The van der Waals surface area contributed by atoms with Crippen LogP contribution in [0.5, 0.6) is 0 Å². The Morgan fingerprint density at radius 3 is 1.99 bits per heavy atom. The van der Waals surface area contributed by atoms with Crippen LogP contribution in [0.25, 0.3) is 0 Å². The maximum absolute atomic E-state index is 15.8. The fourth-order valence-corrected chi connectivity index (χ4v) is 11.6. The molecule has 11 atom stereocenters. The van der Waals surface area contributed by atoms with Crippen LogP contribution >= 0.6 is 0 Å². The van der Waals surface area contributed by atoms with Crippen LogP contribution in [0.4, 0.5) is 8.78 Å². The standard InChI is InChI=1S/C58H59F2N3O17/c1-30-38(77-54(73)47(45(33-17-10-7-11-18-33)63-51(70)34-19-12-8-13-20-34)78-42(68)28-61-41(67)27-62-52(71)36-23-16-24-37(59)44(36)60)26-58(74)50(79-53(72)35-21-14-9-15-22-35)48-56(6,39(66)25-40-57(48,29-75-40)80-32(3)65)49(69)46(76-31(2)64)43(30)55(58,4)5/h7-24,38-40,45-48,50,66,74H,25-29H2,1-6H3,(H,61,67)(H,62,71)(H,63,70)/t38-,39-,40+,45-,46+,47+,48?,50-,56+,57-,58+/m0/s1. The molecule has 4 aromatic carbocycles. The average molecular weight is 1110 g/mol. The minimum absolute atomic E-state index is 0.0128. The smallest absolute Gasteiger partial charge is 0.350 e. The first-order chi connectivity index (χ1) is 37.8. The van der Waals surface area contributed by atoms with Crippen molar-refractivity contribution < 1.29 is 90.6 Å². The molecular formula is C58H59F2N3O17. The number of carbonyl (C=O) groups is 9. The summed E-state index contributed by atoms with van der Waals surface area (Å²) in [7, 11) is 0. The summed E-state index contributed by atoms with van der Waals surface area (Å²) in [6.45, 7) is 5.65. The van der Waals surface area contributed by atoms with Gasteiger partial charge < -0.3 is 54.6 Å². The number of aliphatic hydroxyl groups excluding tert-OH is 1. The first-order valence-corrected chi connectivity index (χ1v) is 25.6. The van der Waals surface area contributed by atoms with E-state index in [0.29, 0.717) is 0 Å². The lowest BCUT2D eigenvalue weighted by Gasteiger charge is -2.67. The van der Waals surface area contributed by atoms with Crippen LogP contribution in [0.15, 0.2) is 120 Å². The number of ether oxygens (including phenoxy) is 6. The third kappa shape index (κ3) is 10.8. The number of benzene rings is 4. The molecule has 422 valence electrons. The fraction of sp³-hybridized carbons (Fsp3) is 0.397. The molecule has 1 unspecified atom stereocenters. The van der Waals surface area contributed by atoms with E-state index >= 15 is 9.59 Å². The van der Waals surface area contributed by atoms with E-state index in [2.05, 4.69) is 16.0 Å². The molecule has 1 aliphatic heterocycles. The van der Waals surface area contributed by atoms with E-state index in [1.807, 2.05) is 0 Å². The lowest BCUT2D eigenvalue weighted by Crippen LogP contribution is -2.82. The van der Waals surface area contributed by atoms with Crippen molar-refractivity contribution in [3.8, 4) is 0 Å². The van der Waals surface area contributed by atoms with Crippen LogP contribution in [0.1, 0.15) is 97.1 Å². The van der Waals surface area contributed by atoms with Gasteiger partial charge in [0.1, 0.15) is 36.5 Å². The lowest BCUT2D eigenvalue weighted by atomic mass is 9.44. The van der Waals surface area contributed by atoms with Gasteiger partial charge in [-0.25, -0.2) is 18.4 Å². The van der Waals surface area contributed by atoms with Gasteiger partial charge in [-0.3, -0.25) is 33.6 Å². The normalized spacial score (nSPS) is 27.1. The Labute approximate surface area is 457 Å². The van der Waals surface area contributed by atoms with Gasteiger partial charge in [-0.2, -0.15) is 0 Å². The number of fused-ring (bicyclic) bond motifs is 5. The molecule has 3 aliphatic carbocycles. The molecule has 0 aromatic heterocycles.